The fourth-order valence-electron chi connectivity index (χ4n) is 2.84. The van der Waals surface area contributed by atoms with E-state index in [2.05, 4.69) is 30.9 Å². The van der Waals surface area contributed by atoms with Crippen LogP contribution in [-0.4, -0.2) is 30.3 Å². The van der Waals surface area contributed by atoms with Crippen LogP contribution in [0.1, 0.15) is 49.0 Å². The highest BCUT2D eigenvalue weighted by atomic mass is 35.5. The second-order valence-electron chi connectivity index (χ2n) is 5.72. The van der Waals surface area contributed by atoms with Crippen LogP contribution in [0.2, 0.25) is 0 Å². The summed E-state index contributed by atoms with van der Waals surface area (Å²) in [5.41, 5.74) is 2.19. The summed E-state index contributed by atoms with van der Waals surface area (Å²) in [5, 5.41) is 0. The molecule has 2 nitrogen and oxygen atoms in total. The van der Waals surface area contributed by atoms with Gasteiger partial charge in [-0.05, 0) is 37.9 Å². The topological polar surface area (TPSA) is 20.3 Å². The van der Waals surface area contributed by atoms with Crippen LogP contribution in [0.3, 0.4) is 0 Å². The van der Waals surface area contributed by atoms with Crippen molar-refractivity contribution in [3.63, 3.8) is 0 Å². The maximum absolute atomic E-state index is 12.4. The lowest BCUT2D eigenvalue weighted by atomic mass is 9.97. The van der Waals surface area contributed by atoms with Gasteiger partial charge in [-0.3, -0.25) is 4.79 Å². The van der Waals surface area contributed by atoms with Gasteiger partial charge in [-0.15, -0.1) is 12.4 Å². The molecule has 0 radical (unpaired) electrons. The molecule has 20 heavy (non-hydrogen) atoms. The zero-order chi connectivity index (χ0) is 13.7. The van der Waals surface area contributed by atoms with Crippen molar-refractivity contribution >= 4 is 18.2 Å². The molecule has 1 atom stereocenters. The summed E-state index contributed by atoms with van der Waals surface area (Å²) in [6.07, 6.45) is 4.82. The van der Waals surface area contributed by atoms with Gasteiger partial charge < -0.3 is 4.90 Å². The number of aryl methyl sites for hydroxylation is 1. The largest absolute Gasteiger partial charge is 0.303 e. The minimum atomic E-state index is 0. The molecule has 0 saturated carbocycles. The minimum Gasteiger partial charge on any atom is -0.303 e. The first-order valence-corrected chi connectivity index (χ1v) is 7.56. The average molecular weight is 296 g/mol. The van der Waals surface area contributed by atoms with Crippen molar-refractivity contribution in [1.29, 1.82) is 0 Å². The highest BCUT2D eigenvalue weighted by molar-refractivity contribution is 5.97. The van der Waals surface area contributed by atoms with E-state index in [4.69, 9.17) is 0 Å². The predicted molar refractivity (Wildman–Crippen MR) is 86.9 cm³/mol. The first kappa shape index (κ1) is 17.2. The zero-order valence-corrected chi connectivity index (χ0v) is 13.4. The Morgan fingerprint density at radius 2 is 1.80 bits per heavy atom. The lowest BCUT2D eigenvalue weighted by molar-refractivity contribution is 0.0903. The van der Waals surface area contributed by atoms with Gasteiger partial charge in [0.1, 0.15) is 0 Å². The molecule has 1 aliphatic rings. The highest BCUT2D eigenvalue weighted by Crippen LogP contribution is 2.15. The van der Waals surface area contributed by atoms with E-state index >= 15 is 0 Å². The molecule has 0 aromatic heterocycles. The van der Waals surface area contributed by atoms with Crippen molar-refractivity contribution in [3.8, 4) is 0 Å². The van der Waals surface area contributed by atoms with Gasteiger partial charge in [-0.1, -0.05) is 44.5 Å². The van der Waals surface area contributed by atoms with Crippen LogP contribution in [0.5, 0.6) is 0 Å². The van der Waals surface area contributed by atoms with Crippen LogP contribution in [0, 0.1) is 5.92 Å². The zero-order valence-electron chi connectivity index (χ0n) is 12.6. The van der Waals surface area contributed by atoms with Crippen molar-refractivity contribution in [2.24, 2.45) is 5.92 Å². The first-order chi connectivity index (χ1) is 9.20. The average Bonchev–Trinajstić information content (AvgIpc) is 2.92. The Balaban J connectivity index is 0.00000200. The van der Waals surface area contributed by atoms with Crippen LogP contribution in [-0.2, 0) is 6.42 Å². The van der Waals surface area contributed by atoms with Gasteiger partial charge in [-0.2, -0.15) is 0 Å². The van der Waals surface area contributed by atoms with Crippen molar-refractivity contribution in [2.45, 2.75) is 39.5 Å². The summed E-state index contributed by atoms with van der Waals surface area (Å²) in [6, 6.07) is 8.18. The minimum absolute atomic E-state index is 0. The first-order valence-electron chi connectivity index (χ1n) is 7.56. The molecule has 1 unspecified atom stereocenters. The molecule has 112 valence electrons. The summed E-state index contributed by atoms with van der Waals surface area (Å²) in [4.78, 5) is 14.8. The number of carbonyl (C=O) groups excluding carboxylic acids is 1. The van der Waals surface area contributed by atoms with Crippen molar-refractivity contribution in [1.82, 2.24) is 4.90 Å². The quantitative estimate of drug-likeness (QED) is 0.740. The molecule has 1 aromatic carbocycles. The molecule has 1 heterocycles. The number of carbonyl (C=O) groups is 1. The summed E-state index contributed by atoms with van der Waals surface area (Å²) in [7, 11) is 0. The molecule has 2 rings (SSSR count). The van der Waals surface area contributed by atoms with E-state index in [9.17, 15) is 4.79 Å². The number of benzene rings is 1. The van der Waals surface area contributed by atoms with Crippen molar-refractivity contribution in [2.75, 3.05) is 19.6 Å². The summed E-state index contributed by atoms with van der Waals surface area (Å²) < 4.78 is 0. The number of Topliss-reactive ketones (excluding diaryl/α,β-unsaturated/α-hetero) is 1. The third-order valence-corrected chi connectivity index (χ3v) is 3.96. The number of halogens is 1. The number of nitrogens with zero attached hydrogens (tertiary/aromatic N) is 1. The van der Waals surface area contributed by atoms with Crippen molar-refractivity contribution in [3.05, 3.63) is 35.4 Å². The summed E-state index contributed by atoms with van der Waals surface area (Å²) in [6.45, 7) is 7.47. The Morgan fingerprint density at radius 3 is 2.35 bits per heavy atom. The van der Waals surface area contributed by atoms with E-state index in [1.54, 1.807) is 0 Å². The number of hydrogen-bond acceptors (Lipinski definition) is 2. The fourth-order valence-corrected chi connectivity index (χ4v) is 2.84. The SMILES string of the molecule is CCCc1ccc(C(=O)C(C)CN2CCCC2)cc1.Cl. The molecular weight excluding hydrogens is 270 g/mol. The van der Waals surface area contributed by atoms with Crippen LogP contribution in [0.15, 0.2) is 24.3 Å². The van der Waals surface area contributed by atoms with Gasteiger partial charge in [0.05, 0.1) is 0 Å². The van der Waals surface area contributed by atoms with Crippen LogP contribution >= 0.6 is 12.4 Å². The van der Waals surface area contributed by atoms with Gasteiger partial charge >= 0.3 is 0 Å². The monoisotopic (exact) mass is 295 g/mol. The molecule has 1 aromatic rings. The third kappa shape index (κ3) is 4.60. The van der Waals surface area contributed by atoms with Crippen LogP contribution in [0.4, 0.5) is 0 Å². The summed E-state index contributed by atoms with van der Waals surface area (Å²) in [5.74, 6) is 0.394. The number of rotatable bonds is 6. The molecule has 0 bridgehead atoms. The van der Waals surface area contributed by atoms with E-state index in [0.717, 1.165) is 38.0 Å². The van der Waals surface area contributed by atoms with E-state index in [1.165, 1.54) is 18.4 Å². The van der Waals surface area contributed by atoms with E-state index in [-0.39, 0.29) is 24.1 Å². The molecule has 0 amide bonds. The smallest absolute Gasteiger partial charge is 0.166 e. The number of likely N-dealkylation sites (tertiary alicyclic amines) is 1. The Morgan fingerprint density at radius 1 is 1.20 bits per heavy atom. The van der Waals surface area contributed by atoms with Crippen LogP contribution < -0.4 is 0 Å². The molecule has 3 heteroatoms. The van der Waals surface area contributed by atoms with E-state index in [1.807, 2.05) is 12.1 Å². The third-order valence-electron chi connectivity index (χ3n) is 3.96. The Hall–Kier alpha value is -0.860. The van der Waals surface area contributed by atoms with Gasteiger partial charge in [0.25, 0.3) is 0 Å². The predicted octanol–water partition coefficient (Wildman–Crippen LogP) is 3.98. The Kier molecular flexibility index (Phi) is 7.25. The molecule has 0 N–H and O–H groups in total. The van der Waals surface area contributed by atoms with Gasteiger partial charge in [0, 0.05) is 18.0 Å². The standard InChI is InChI=1S/C17H25NO.ClH/c1-3-6-15-7-9-16(10-8-15)17(19)14(2)13-18-11-4-5-12-18;/h7-10,14H,3-6,11-13H2,1-2H3;1H. The molecule has 0 aliphatic carbocycles. The maximum atomic E-state index is 12.4. The second-order valence-corrected chi connectivity index (χ2v) is 5.72. The molecular formula is C17H26ClNO. The van der Waals surface area contributed by atoms with Gasteiger partial charge in [-0.25, -0.2) is 0 Å². The lowest BCUT2D eigenvalue weighted by Gasteiger charge is -2.19. The van der Waals surface area contributed by atoms with Gasteiger partial charge in [0.2, 0.25) is 0 Å². The highest BCUT2D eigenvalue weighted by Gasteiger charge is 2.20. The van der Waals surface area contributed by atoms with E-state index < -0.39 is 0 Å². The number of ketones is 1. The second kappa shape index (κ2) is 8.43. The molecule has 0 spiro atoms. The molecule has 1 aliphatic heterocycles. The Bertz CT molecular complexity index is 410. The molecule has 1 saturated heterocycles. The Labute approximate surface area is 129 Å². The number of hydrogen-bond donors (Lipinski definition) is 0. The van der Waals surface area contributed by atoms with E-state index in [0.29, 0.717) is 0 Å². The molecule has 1 fully saturated rings. The van der Waals surface area contributed by atoms with Crippen molar-refractivity contribution < 1.29 is 4.79 Å². The lowest BCUT2D eigenvalue weighted by Crippen LogP contribution is -2.29. The normalized spacial score (nSPS) is 16.7. The summed E-state index contributed by atoms with van der Waals surface area (Å²) >= 11 is 0. The van der Waals surface area contributed by atoms with Gasteiger partial charge in [0.15, 0.2) is 5.78 Å². The van der Waals surface area contributed by atoms with Crippen LogP contribution in [0.25, 0.3) is 0 Å². The fraction of sp³-hybridized carbons (Fsp3) is 0.588. The maximum Gasteiger partial charge on any atom is 0.166 e.